The Hall–Kier alpha value is -2.60. The number of carboxylic acid groups (broad SMARTS) is 1. The fourth-order valence-corrected chi connectivity index (χ4v) is 1.75. The summed E-state index contributed by atoms with van der Waals surface area (Å²) in [4.78, 5) is 26.7. The highest BCUT2D eigenvalue weighted by Crippen LogP contribution is 2.23. The highest BCUT2D eigenvalue weighted by atomic mass is 35.5. The van der Waals surface area contributed by atoms with E-state index in [-0.39, 0.29) is 27.6 Å². The topological polar surface area (TPSA) is 99.5 Å². The fraction of sp³-hybridized carbons (Fsp3) is 0. The first-order valence-corrected chi connectivity index (χ1v) is 5.84. The number of hydrogen-bond donors (Lipinski definition) is 3. The van der Waals surface area contributed by atoms with Crippen LogP contribution in [0.4, 0.5) is 5.69 Å². The maximum atomic E-state index is 12.0. The van der Waals surface area contributed by atoms with E-state index >= 15 is 0 Å². The average Bonchev–Trinajstić information content (AvgIpc) is 2.38. The minimum absolute atomic E-state index is 0.0173. The van der Waals surface area contributed by atoms with Crippen LogP contribution >= 0.6 is 11.6 Å². The Morgan fingerprint density at radius 1 is 1.20 bits per heavy atom. The van der Waals surface area contributed by atoms with Crippen molar-refractivity contribution >= 4 is 29.2 Å². The molecule has 0 saturated carbocycles. The number of pyridine rings is 1. The molecule has 1 amide bonds. The van der Waals surface area contributed by atoms with Crippen molar-refractivity contribution in [3.05, 3.63) is 52.8 Å². The molecule has 1 aromatic heterocycles. The summed E-state index contributed by atoms with van der Waals surface area (Å²) in [5.74, 6) is -2.16. The molecule has 0 saturated heterocycles. The lowest BCUT2D eigenvalue weighted by Crippen LogP contribution is -2.15. The number of aromatic nitrogens is 1. The molecule has 0 bridgehead atoms. The van der Waals surface area contributed by atoms with Gasteiger partial charge in [-0.25, -0.2) is 4.79 Å². The van der Waals surface area contributed by atoms with Gasteiger partial charge in [-0.2, -0.15) is 0 Å². The number of anilines is 1. The molecule has 1 heterocycles. The van der Waals surface area contributed by atoms with Crippen molar-refractivity contribution in [2.24, 2.45) is 0 Å². The Morgan fingerprint density at radius 2 is 1.95 bits per heavy atom. The molecule has 0 fully saturated rings. The first kappa shape index (κ1) is 13.8. The number of carbonyl (C=O) groups excluding carboxylic acids is 1. The molecule has 0 spiro atoms. The van der Waals surface area contributed by atoms with Crippen molar-refractivity contribution in [1.29, 1.82) is 0 Å². The molecule has 102 valence electrons. The Balaban J connectivity index is 2.35. The molecule has 0 unspecified atom stereocenters. The number of carboxylic acids is 1. The largest absolute Gasteiger partial charge is 0.505 e. The summed E-state index contributed by atoms with van der Waals surface area (Å²) in [6, 6.07) is 5.33. The predicted molar refractivity (Wildman–Crippen MR) is 72.3 cm³/mol. The van der Waals surface area contributed by atoms with Crippen molar-refractivity contribution in [2.75, 3.05) is 5.32 Å². The van der Waals surface area contributed by atoms with E-state index < -0.39 is 11.9 Å². The molecule has 0 aliphatic heterocycles. The molecule has 0 atom stereocenters. The zero-order valence-corrected chi connectivity index (χ0v) is 10.8. The standard InChI is InChI=1S/C13H9ClN2O4/c14-7-1-2-8(13(19)20)10(5-7)16-12(18)9-3-4-15-6-11(9)17/h1-6,17H,(H,16,18)(H,19,20). The monoisotopic (exact) mass is 292 g/mol. The van der Waals surface area contributed by atoms with Gasteiger partial charge in [-0.05, 0) is 24.3 Å². The summed E-state index contributed by atoms with van der Waals surface area (Å²) in [7, 11) is 0. The Bertz CT molecular complexity index is 688. The van der Waals surface area contributed by atoms with Crippen molar-refractivity contribution in [2.45, 2.75) is 0 Å². The molecular weight excluding hydrogens is 284 g/mol. The number of aromatic carboxylic acids is 1. The number of hydrogen-bond acceptors (Lipinski definition) is 4. The summed E-state index contributed by atoms with van der Waals surface area (Å²) in [6.07, 6.45) is 2.45. The van der Waals surface area contributed by atoms with Crippen LogP contribution in [0.3, 0.4) is 0 Å². The summed E-state index contributed by atoms with van der Waals surface area (Å²) in [5.41, 5.74) is -0.0705. The van der Waals surface area contributed by atoms with Crippen LogP contribution in [0.1, 0.15) is 20.7 Å². The van der Waals surface area contributed by atoms with E-state index in [0.717, 1.165) is 6.20 Å². The number of halogens is 1. The normalized spacial score (nSPS) is 10.1. The number of amides is 1. The zero-order valence-electron chi connectivity index (χ0n) is 10.0. The third-order valence-electron chi connectivity index (χ3n) is 2.50. The molecule has 1 aromatic carbocycles. The minimum atomic E-state index is -1.20. The van der Waals surface area contributed by atoms with Gasteiger partial charge in [0.05, 0.1) is 23.0 Å². The summed E-state index contributed by atoms with van der Waals surface area (Å²) in [6.45, 7) is 0. The van der Waals surface area contributed by atoms with E-state index in [4.69, 9.17) is 16.7 Å². The molecule has 2 rings (SSSR count). The third kappa shape index (κ3) is 2.86. The molecule has 3 N–H and O–H groups in total. The van der Waals surface area contributed by atoms with Crippen LogP contribution < -0.4 is 5.32 Å². The van der Waals surface area contributed by atoms with Gasteiger partial charge in [0.25, 0.3) is 5.91 Å². The van der Waals surface area contributed by atoms with Gasteiger partial charge in [0.1, 0.15) is 5.75 Å². The lowest BCUT2D eigenvalue weighted by atomic mass is 10.1. The minimum Gasteiger partial charge on any atom is -0.505 e. The van der Waals surface area contributed by atoms with Crippen LogP contribution in [0.5, 0.6) is 5.75 Å². The number of nitrogens with zero attached hydrogens (tertiary/aromatic N) is 1. The molecular formula is C13H9ClN2O4. The second-order valence-electron chi connectivity index (χ2n) is 3.84. The van der Waals surface area contributed by atoms with Gasteiger partial charge in [-0.3, -0.25) is 9.78 Å². The van der Waals surface area contributed by atoms with Crippen LogP contribution in [0, 0.1) is 0 Å². The quantitative estimate of drug-likeness (QED) is 0.806. The van der Waals surface area contributed by atoms with Crippen LogP contribution in [-0.2, 0) is 0 Å². The first-order chi connectivity index (χ1) is 9.49. The highest BCUT2D eigenvalue weighted by molar-refractivity contribution is 6.31. The molecule has 2 aromatic rings. The number of aromatic hydroxyl groups is 1. The Morgan fingerprint density at radius 3 is 2.60 bits per heavy atom. The van der Waals surface area contributed by atoms with Gasteiger partial charge in [0.15, 0.2) is 0 Å². The number of benzene rings is 1. The zero-order chi connectivity index (χ0) is 14.7. The molecule has 6 nitrogen and oxygen atoms in total. The summed E-state index contributed by atoms with van der Waals surface area (Å²) >= 11 is 5.78. The van der Waals surface area contributed by atoms with E-state index in [1.54, 1.807) is 0 Å². The average molecular weight is 293 g/mol. The number of rotatable bonds is 3. The van der Waals surface area contributed by atoms with E-state index in [2.05, 4.69) is 10.3 Å². The highest BCUT2D eigenvalue weighted by Gasteiger charge is 2.16. The summed E-state index contributed by atoms with van der Waals surface area (Å²) < 4.78 is 0. The molecule has 7 heteroatoms. The van der Waals surface area contributed by atoms with Crippen LogP contribution in [-0.4, -0.2) is 27.1 Å². The second kappa shape index (κ2) is 5.58. The van der Waals surface area contributed by atoms with Crippen molar-refractivity contribution < 1.29 is 19.8 Å². The third-order valence-corrected chi connectivity index (χ3v) is 2.74. The number of nitrogens with one attached hydrogen (secondary N) is 1. The van der Waals surface area contributed by atoms with Gasteiger partial charge in [0.2, 0.25) is 0 Å². The van der Waals surface area contributed by atoms with Crippen LogP contribution in [0.25, 0.3) is 0 Å². The van der Waals surface area contributed by atoms with Crippen LogP contribution in [0.2, 0.25) is 5.02 Å². The number of carbonyl (C=O) groups is 2. The second-order valence-corrected chi connectivity index (χ2v) is 4.28. The fourth-order valence-electron chi connectivity index (χ4n) is 1.57. The Labute approximate surface area is 118 Å². The first-order valence-electron chi connectivity index (χ1n) is 5.46. The van der Waals surface area contributed by atoms with Crippen molar-refractivity contribution in [3.8, 4) is 5.75 Å². The van der Waals surface area contributed by atoms with Crippen molar-refractivity contribution in [3.63, 3.8) is 0 Å². The maximum Gasteiger partial charge on any atom is 0.337 e. The smallest absolute Gasteiger partial charge is 0.337 e. The molecule has 20 heavy (non-hydrogen) atoms. The van der Waals surface area contributed by atoms with E-state index in [1.165, 1.54) is 30.5 Å². The Kier molecular flexibility index (Phi) is 3.86. The van der Waals surface area contributed by atoms with Gasteiger partial charge < -0.3 is 15.5 Å². The van der Waals surface area contributed by atoms with E-state index in [9.17, 15) is 14.7 Å². The van der Waals surface area contributed by atoms with Gasteiger partial charge in [-0.15, -0.1) is 0 Å². The van der Waals surface area contributed by atoms with E-state index in [0.29, 0.717) is 0 Å². The molecule has 0 aliphatic rings. The molecule has 0 aliphatic carbocycles. The van der Waals surface area contributed by atoms with Gasteiger partial charge >= 0.3 is 5.97 Å². The lowest BCUT2D eigenvalue weighted by molar-refractivity contribution is 0.0698. The summed E-state index contributed by atoms with van der Waals surface area (Å²) in [5, 5.41) is 21.2. The van der Waals surface area contributed by atoms with Crippen molar-refractivity contribution in [1.82, 2.24) is 4.98 Å². The molecule has 0 radical (unpaired) electrons. The van der Waals surface area contributed by atoms with Crippen LogP contribution in [0.15, 0.2) is 36.7 Å². The SMILES string of the molecule is O=C(Nc1cc(Cl)ccc1C(=O)O)c1ccncc1O. The van der Waals surface area contributed by atoms with E-state index in [1.807, 2.05) is 0 Å². The van der Waals surface area contributed by atoms with Gasteiger partial charge in [0, 0.05) is 11.2 Å². The maximum absolute atomic E-state index is 12.0. The lowest BCUT2D eigenvalue weighted by Gasteiger charge is -2.09. The predicted octanol–water partition coefficient (Wildman–Crippen LogP) is 2.39. The van der Waals surface area contributed by atoms with Gasteiger partial charge in [-0.1, -0.05) is 11.6 Å².